The van der Waals surface area contributed by atoms with Crippen molar-refractivity contribution in [1.29, 1.82) is 0 Å². The van der Waals surface area contributed by atoms with E-state index in [0.29, 0.717) is 6.54 Å². The molecule has 0 atom stereocenters. The van der Waals surface area contributed by atoms with Crippen molar-refractivity contribution in [2.24, 2.45) is 5.92 Å². The van der Waals surface area contributed by atoms with Crippen LogP contribution in [0, 0.1) is 5.92 Å². The van der Waals surface area contributed by atoms with Gasteiger partial charge in [-0.15, -0.1) is 0 Å². The van der Waals surface area contributed by atoms with Crippen molar-refractivity contribution in [3.05, 3.63) is 29.8 Å². The van der Waals surface area contributed by atoms with Gasteiger partial charge in [0.25, 0.3) is 0 Å². The molecule has 0 bridgehead atoms. The van der Waals surface area contributed by atoms with Gasteiger partial charge < -0.3 is 20.3 Å². The van der Waals surface area contributed by atoms with Gasteiger partial charge in [0, 0.05) is 31.6 Å². The molecule has 1 fully saturated rings. The molecule has 1 aliphatic heterocycles. The van der Waals surface area contributed by atoms with E-state index in [4.69, 9.17) is 4.74 Å². The van der Waals surface area contributed by atoms with E-state index in [1.165, 1.54) is 0 Å². The fourth-order valence-electron chi connectivity index (χ4n) is 3.49. The van der Waals surface area contributed by atoms with Crippen LogP contribution in [0.1, 0.15) is 45.1 Å². The van der Waals surface area contributed by atoms with Crippen LogP contribution in [0.4, 0.5) is 4.79 Å². The van der Waals surface area contributed by atoms with Crippen molar-refractivity contribution >= 4 is 11.9 Å². The van der Waals surface area contributed by atoms with Crippen molar-refractivity contribution in [2.75, 3.05) is 26.7 Å². The Morgan fingerprint density at radius 2 is 1.78 bits per heavy atom. The zero-order chi connectivity index (χ0) is 19.6. The van der Waals surface area contributed by atoms with Crippen LogP contribution in [0.25, 0.3) is 0 Å². The third kappa shape index (κ3) is 6.45. The standard InChI is InChI=1S/C21H33N3O3/c1-4-17(5-2)20(25)24-14-11-18(12-15-24)23-21(26)22-13-10-16-6-8-19(27-3)9-7-16/h6-9,17-18H,4-5,10-15H2,1-3H3,(H2,22,23,26). The second-order valence-electron chi connectivity index (χ2n) is 7.11. The van der Waals surface area contributed by atoms with Crippen molar-refractivity contribution in [3.8, 4) is 5.75 Å². The summed E-state index contributed by atoms with van der Waals surface area (Å²) in [6.07, 6.45) is 4.20. The Balaban J connectivity index is 1.66. The summed E-state index contributed by atoms with van der Waals surface area (Å²) in [6, 6.07) is 7.86. The highest BCUT2D eigenvalue weighted by Crippen LogP contribution is 2.17. The molecule has 2 rings (SSSR count). The van der Waals surface area contributed by atoms with Crippen LogP contribution in [-0.2, 0) is 11.2 Å². The molecule has 0 spiro atoms. The molecule has 1 saturated heterocycles. The molecule has 27 heavy (non-hydrogen) atoms. The monoisotopic (exact) mass is 375 g/mol. The Morgan fingerprint density at radius 3 is 2.33 bits per heavy atom. The quantitative estimate of drug-likeness (QED) is 0.734. The van der Waals surface area contributed by atoms with Gasteiger partial charge >= 0.3 is 6.03 Å². The number of ether oxygens (including phenoxy) is 1. The Labute approximate surface area is 162 Å². The first-order valence-corrected chi connectivity index (χ1v) is 10.0. The maximum absolute atomic E-state index is 12.4. The number of piperidine rings is 1. The molecule has 0 aromatic heterocycles. The van der Waals surface area contributed by atoms with Gasteiger partial charge in [0.15, 0.2) is 0 Å². The molecule has 150 valence electrons. The summed E-state index contributed by atoms with van der Waals surface area (Å²) < 4.78 is 5.14. The average molecular weight is 376 g/mol. The van der Waals surface area contributed by atoms with Crippen molar-refractivity contribution in [1.82, 2.24) is 15.5 Å². The number of rotatable bonds is 8. The van der Waals surface area contributed by atoms with E-state index in [1.807, 2.05) is 29.2 Å². The molecule has 2 N–H and O–H groups in total. The molecule has 3 amide bonds. The van der Waals surface area contributed by atoms with Gasteiger partial charge in [-0.1, -0.05) is 26.0 Å². The highest BCUT2D eigenvalue weighted by atomic mass is 16.5. The predicted octanol–water partition coefficient (Wildman–Crippen LogP) is 2.96. The Morgan fingerprint density at radius 1 is 1.15 bits per heavy atom. The molecule has 1 aromatic carbocycles. The highest BCUT2D eigenvalue weighted by Gasteiger charge is 2.27. The summed E-state index contributed by atoms with van der Waals surface area (Å²) in [7, 11) is 1.65. The number of carbonyl (C=O) groups excluding carboxylic acids is 2. The summed E-state index contributed by atoms with van der Waals surface area (Å²) in [5, 5.41) is 5.95. The van der Waals surface area contributed by atoms with E-state index in [9.17, 15) is 9.59 Å². The fourth-order valence-corrected chi connectivity index (χ4v) is 3.49. The molecule has 1 aromatic rings. The minimum Gasteiger partial charge on any atom is -0.497 e. The average Bonchev–Trinajstić information content (AvgIpc) is 2.70. The molecule has 0 saturated carbocycles. The molecule has 1 heterocycles. The molecule has 6 nitrogen and oxygen atoms in total. The Hall–Kier alpha value is -2.24. The van der Waals surface area contributed by atoms with E-state index in [1.54, 1.807) is 7.11 Å². The lowest BCUT2D eigenvalue weighted by atomic mass is 9.98. The van der Waals surface area contributed by atoms with Crippen LogP contribution in [0.3, 0.4) is 0 Å². The van der Waals surface area contributed by atoms with Crippen LogP contribution in [0.2, 0.25) is 0 Å². The van der Waals surface area contributed by atoms with Crippen LogP contribution < -0.4 is 15.4 Å². The van der Waals surface area contributed by atoms with E-state index >= 15 is 0 Å². The maximum Gasteiger partial charge on any atom is 0.315 e. The van der Waals surface area contributed by atoms with Gasteiger partial charge in [-0.05, 0) is 49.8 Å². The smallest absolute Gasteiger partial charge is 0.315 e. The third-order valence-electron chi connectivity index (χ3n) is 5.33. The second-order valence-corrected chi connectivity index (χ2v) is 7.11. The molecule has 0 aliphatic carbocycles. The minimum absolute atomic E-state index is 0.131. The number of nitrogens with zero attached hydrogens (tertiary/aromatic N) is 1. The first kappa shape index (κ1) is 21.1. The normalized spacial score (nSPS) is 14.9. The van der Waals surface area contributed by atoms with Crippen LogP contribution in [0.5, 0.6) is 5.75 Å². The third-order valence-corrected chi connectivity index (χ3v) is 5.33. The largest absolute Gasteiger partial charge is 0.497 e. The van der Waals surface area contributed by atoms with Gasteiger partial charge in [0.05, 0.1) is 7.11 Å². The molecular weight excluding hydrogens is 342 g/mol. The van der Waals surface area contributed by atoms with Crippen molar-refractivity contribution < 1.29 is 14.3 Å². The summed E-state index contributed by atoms with van der Waals surface area (Å²) in [6.45, 7) is 6.18. The van der Waals surface area contributed by atoms with E-state index in [2.05, 4.69) is 24.5 Å². The zero-order valence-electron chi connectivity index (χ0n) is 16.8. The van der Waals surface area contributed by atoms with Gasteiger partial charge in [-0.25, -0.2) is 4.79 Å². The highest BCUT2D eigenvalue weighted by molar-refractivity contribution is 5.79. The Bertz CT molecular complexity index is 591. The van der Waals surface area contributed by atoms with Crippen molar-refractivity contribution in [2.45, 2.75) is 52.0 Å². The van der Waals surface area contributed by atoms with Gasteiger partial charge in [-0.3, -0.25) is 4.79 Å². The number of methoxy groups -OCH3 is 1. The van der Waals surface area contributed by atoms with E-state index < -0.39 is 0 Å². The molecule has 0 radical (unpaired) electrons. The topological polar surface area (TPSA) is 70.7 Å². The molecular formula is C21H33N3O3. The minimum atomic E-state index is -0.131. The zero-order valence-corrected chi connectivity index (χ0v) is 16.8. The lowest BCUT2D eigenvalue weighted by Crippen LogP contribution is -2.50. The van der Waals surface area contributed by atoms with E-state index in [-0.39, 0.29) is 23.9 Å². The van der Waals surface area contributed by atoms with Gasteiger partial charge in [0.2, 0.25) is 5.91 Å². The number of likely N-dealkylation sites (tertiary alicyclic amines) is 1. The van der Waals surface area contributed by atoms with Crippen LogP contribution >= 0.6 is 0 Å². The summed E-state index contributed by atoms with van der Waals surface area (Å²) in [4.78, 5) is 26.5. The lowest BCUT2D eigenvalue weighted by Gasteiger charge is -2.34. The number of nitrogens with one attached hydrogen (secondary N) is 2. The van der Waals surface area contributed by atoms with Crippen LogP contribution in [-0.4, -0.2) is 49.6 Å². The lowest BCUT2D eigenvalue weighted by molar-refractivity contribution is -0.136. The SMILES string of the molecule is CCC(CC)C(=O)N1CCC(NC(=O)NCCc2ccc(OC)cc2)CC1. The number of amides is 3. The summed E-state index contributed by atoms with van der Waals surface area (Å²) in [5.74, 6) is 1.23. The predicted molar refractivity (Wildman–Crippen MR) is 107 cm³/mol. The number of urea groups is 1. The number of benzene rings is 1. The van der Waals surface area contributed by atoms with E-state index in [0.717, 1.165) is 56.5 Å². The fraction of sp³-hybridized carbons (Fsp3) is 0.619. The first-order chi connectivity index (χ1) is 13.1. The second kappa shape index (κ2) is 10.8. The van der Waals surface area contributed by atoms with Gasteiger partial charge in [-0.2, -0.15) is 0 Å². The number of carbonyl (C=O) groups is 2. The van der Waals surface area contributed by atoms with Crippen LogP contribution in [0.15, 0.2) is 24.3 Å². The maximum atomic E-state index is 12.4. The Kier molecular flexibility index (Phi) is 8.43. The summed E-state index contributed by atoms with van der Waals surface area (Å²) >= 11 is 0. The van der Waals surface area contributed by atoms with Gasteiger partial charge in [0.1, 0.15) is 5.75 Å². The first-order valence-electron chi connectivity index (χ1n) is 10.0. The molecule has 1 aliphatic rings. The molecule has 0 unspecified atom stereocenters. The van der Waals surface area contributed by atoms with Crippen molar-refractivity contribution in [3.63, 3.8) is 0 Å². The molecule has 6 heteroatoms. The number of hydrogen-bond acceptors (Lipinski definition) is 3. The number of hydrogen-bond donors (Lipinski definition) is 2. The summed E-state index contributed by atoms with van der Waals surface area (Å²) in [5.41, 5.74) is 1.16.